The van der Waals surface area contributed by atoms with E-state index >= 15 is 0 Å². The Bertz CT molecular complexity index is 498. The van der Waals surface area contributed by atoms with Crippen molar-refractivity contribution in [3.8, 4) is 0 Å². The minimum Gasteiger partial charge on any atom is -0.353 e. The summed E-state index contributed by atoms with van der Waals surface area (Å²) in [5.41, 5.74) is 0. The van der Waals surface area contributed by atoms with Crippen LogP contribution in [0.25, 0.3) is 0 Å². The van der Waals surface area contributed by atoms with Crippen LogP contribution < -0.4 is 10.2 Å². The molecule has 22 heavy (non-hydrogen) atoms. The number of carbonyl (C=O) groups is 2. The smallest absolute Gasteiger partial charge is 0.232 e. The Balaban J connectivity index is 1.79. The fraction of sp³-hybridized carbons (Fsp3) is 0.562. The highest BCUT2D eigenvalue weighted by Gasteiger charge is 2.23. The zero-order chi connectivity index (χ0) is 15.9. The monoisotopic (exact) mass is 304 g/mol. The molecule has 1 fully saturated rings. The maximum absolute atomic E-state index is 12.2. The summed E-state index contributed by atoms with van der Waals surface area (Å²) in [4.78, 5) is 32.2. The van der Waals surface area contributed by atoms with E-state index in [9.17, 15) is 9.59 Å². The number of nitrogens with one attached hydrogen (secondary N) is 1. The van der Waals surface area contributed by atoms with Crippen LogP contribution in [-0.4, -0.2) is 53.9 Å². The van der Waals surface area contributed by atoms with E-state index in [-0.39, 0.29) is 24.3 Å². The third kappa shape index (κ3) is 4.44. The zero-order valence-corrected chi connectivity index (χ0v) is 13.3. The average Bonchev–Trinajstić information content (AvgIpc) is 2.55. The highest BCUT2D eigenvalue weighted by molar-refractivity contribution is 5.97. The van der Waals surface area contributed by atoms with Crippen LogP contribution in [0.15, 0.2) is 24.4 Å². The second-order valence-corrected chi connectivity index (χ2v) is 5.61. The van der Waals surface area contributed by atoms with E-state index < -0.39 is 0 Å². The number of piperazine rings is 1. The van der Waals surface area contributed by atoms with E-state index in [1.807, 2.05) is 32.0 Å². The van der Waals surface area contributed by atoms with E-state index in [4.69, 9.17) is 0 Å². The van der Waals surface area contributed by atoms with Crippen LogP contribution >= 0.6 is 0 Å². The number of carbonyl (C=O) groups excluding carboxylic acids is 2. The SMILES string of the molecule is CCC(C)NC(=O)CC(=O)N1CCN(c2ccccn2)CC1. The number of amides is 2. The van der Waals surface area contributed by atoms with E-state index in [1.54, 1.807) is 11.1 Å². The average molecular weight is 304 g/mol. The molecule has 0 spiro atoms. The van der Waals surface area contributed by atoms with Crippen LogP contribution in [0.3, 0.4) is 0 Å². The van der Waals surface area contributed by atoms with Crippen LogP contribution in [0, 0.1) is 0 Å². The van der Waals surface area contributed by atoms with E-state index in [1.165, 1.54) is 0 Å². The number of pyridine rings is 1. The number of rotatable bonds is 5. The minimum absolute atomic E-state index is 0.0616. The Kier molecular flexibility index (Phi) is 5.75. The summed E-state index contributed by atoms with van der Waals surface area (Å²) in [6.07, 6.45) is 2.57. The topological polar surface area (TPSA) is 65.5 Å². The first kappa shape index (κ1) is 16.3. The molecule has 0 radical (unpaired) electrons. The van der Waals surface area contributed by atoms with Crippen molar-refractivity contribution in [3.63, 3.8) is 0 Å². The van der Waals surface area contributed by atoms with Gasteiger partial charge in [-0.25, -0.2) is 4.98 Å². The van der Waals surface area contributed by atoms with Crippen molar-refractivity contribution >= 4 is 17.6 Å². The van der Waals surface area contributed by atoms with Gasteiger partial charge in [0, 0.05) is 38.4 Å². The Hall–Kier alpha value is -2.11. The van der Waals surface area contributed by atoms with Crippen molar-refractivity contribution in [3.05, 3.63) is 24.4 Å². The molecular weight excluding hydrogens is 280 g/mol. The Morgan fingerprint density at radius 3 is 2.59 bits per heavy atom. The molecule has 1 aromatic heterocycles. The largest absolute Gasteiger partial charge is 0.353 e. The Morgan fingerprint density at radius 2 is 2.00 bits per heavy atom. The van der Waals surface area contributed by atoms with Gasteiger partial charge in [0.25, 0.3) is 0 Å². The molecule has 1 aromatic rings. The van der Waals surface area contributed by atoms with Crippen molar-refractivity contribution in [2.75, 3.05) is 31.1 Å². The highest BCUT2D eigenvalue weighted by atomic mass is 16.2. The van der Waals surface area contributed by atoms with Gasteiger partial charge in [-0.2, -0.15) is 0 Å². The number of hydrogen-bond donors (Lipinski definition) is 1. The fourth-order valence-electron chi connectivity index (χ4n) is 2.40. The van der Waals surface area contributed by atoms with Gasteiger partial charge in [0.2, 0.25) is 11.8 Å². The molecule has 0 aromatic carbocycles. The molecule has 6 nitrogen and oxygen atoms in total. The lowest BCUT2D eigenvalue weighted by Crippen LogP contribution is -2.50. The summed E-state index contributed by atoms with van der Waals surface area (Å²) in [5, 5.41) is 2.83. The molecule has 120 valence electrons. The number of anilines is 1. The molecule has 1 saturated heterocycles. The van der Waals surface area contributed by atoms with Crippen LogP contribution in [0.4, 0.5) is 5.82 Å². The maximum atomic E-state index is 12.2. The zero-order valence-electron chi connectivity index (χ0n) is 13.3. The summed E-state index contributed by atoms with van der Waals surface area (Å²) in [5.74, 6) is 0.650. The number of nitrogens with zero attached hydrogens (tertiary/aromatic N) is 3. The molecule has 0 saturated carbocycles. The van der Waals surface area contributed by atoms with Crippen molar-refractivity contribution in [2.24, 2.45) is 0 Å². The first-order valence-electron chi connectivity index (χ1n) is 7.83. The molecule has 2 rings (SSSR count). The van der Waals surface area contributed by atoms with Crippen LogP contribution in [-0.2, 0) is 9.59 Å². The molecule has 1 aliphatic heterocycles. The fourth-order valence-corrected chi connectivity index (χ4v) is 2.40. The molecule has 0 bridgehead atoms. The summed E-state index contributed by atoms with van der Waals surface area (Å²) in [6.45, 7) is 6.70. The molecular formula is C16H24N4O2. The van der Waals surface area contributed by atoms with Gasteiger partial charge in [-0.15, -0.1) is 0 Å². The normalized spacial score (nSPS) is 16.3. The van der Waals surface area contributed by atoms with Gasteiger partial charge in [0.05, 0.1) is 0 Å². The third-order valence-electron chi connectivity index (χ3n) is 3.94. The minimum atomic E-state index is -0.188. The number of aromatic nitrogens is 1. The first-order chi connectivity index (χ1) is 10.6. The quantitative estimate of drug-likeness (QED) is 0.825. The van der Waals surface area contributed by atoms with Gasteiger partial charge in [-0.05, 0) is 25.5 Å². The van der Waals surface area contributed by atoms with Crippen LogP contribution in [0.5, 0.6) is 0 Å². The highest BCUT2D eigenvalue weighted by Crippen LogP contribution is 2.13. The van der Waals surface area contributed by atoms with E-state index in [0.29, 0.717) is 13.1 Å². The predicted molar refractivity (Wildman–Crippen MR) is 85.5 cm³/mol. The lowest BCUT2D eigenvalue weighted by Gasteiger charge is -2.35. The van der Waals surface area contributed by atoms with Gasteiger partial charge < -0.3 is 15.1 Å². The predicted octanol–water partition coefficient (Wildman–Crippen LogP) is 1.03. The Morgan fingerprint density at radius 1 is 1.27 bits per heavy atom. The van der Waals surface area contributed by atoms with Crippen molar-refractivity contribution in [2.45, 2.75) is 32.7 Å². The van der Waals surface area contributed by atoms with E-state index in [0.717, 1.165) is 25.3 Å². The maximum Gasteiger partial charge on any atom is 0.232 e. The molecule has 1 N–H and O–H groups in total. The Labute approximate surface area is 131 Å². The number of hydrogen-bond acceptors (Lipinski definition) is 4. The summed E-state index contributed by atoms with van der Waals surface area (Å²) in [6, 6.07) is 5.93. The van der Waals surface area contributed by atoms with Crippen LogP contribution in [0.2, 0.25) is 0 Å². The summed E-state index contributed by atoms with van der Waals surface area (Å²) >= 11 is 0. The second-order valence-electron chi connectivity index (χ2n) is 5.61. The lowest BCUT2D eigenvalue weighted by atomic mass is 10.2. The van der Waals surface area contributed by atoms with Gasteiger partial charge in [0.15, 0.2) is 0 Å². The van der Waals surface area contributed by atoms with Gasteiger partial charge >= 0.3 is 0 Å². The van der Waals surface area contributed by atoms with Crippen LogP contribution in [0.1, 0.15) is 26.7 Å². The third-order valence-corrected chi connectivity index (χ3v) is 3.94. The standard InChI is InChI=1S/C16H24N4O2/c1-3-13(2)18-15(21)12-16(22)20-10-8-19(9-11-20)14-6-4-5-7-17-14/h4-7,13H,3,8-12H2,1-2H3,(H,18,21). The molecule has 6 heteroatoms. The van der Waals surface area contributed by atoms with E-state index in [2.05, 4.69) is 15.2 Å². The molecule has 2 heterocycles. The van der Waals surface area contributed by atoms with Crippen molar-refractivity contribution in [1.82, 2.24) is 15.2 Å². The molecule has 1 aliphatic rings. The molecule has 1 unspecified atom stereocenters. The van der Waals surface area contributed by atoms with Gasteiger partial charge in [-0.3, -0.25) is 9.59 Å². The lowest BCUT2D eigenvalue weighted by molar-refractivity contribution is -0.136. The first-order valence-corrected chi connectivity index (χ1v) is 7.83. The van der Waals surface area contributed by atoms with Gasteiger partial charge in [0.1, 0.15) is 12.2 Å². The second kappa shape index (κ2) is 7.77. The molecule has 1 atom stereocenters. The van der Waals surface area contributed by atoms with Crippen molar-refractivity contribution in [1.29, 1.82) is 0 Å². The van der Waals surface area contributed by atoms with Crippen molar-refractivity contribution < 1.29 is 9.59 Å². The summed E-state index contributed by atoms with van der Waals surface area (Å²) < 4.78 is 0. The molecule has 0 aliphatic carbocycles. The molecule has 2 amide bonds. The van der Waals surface area contributed by atoms with Gasteiger partial charge in [-0.1, -0.05) is 13.0 Å². The summed E-state index contributed by atoms with van der Waals surface area (Å²) in [7, 11) is 0.